The van der Waals surface area contributed by atoms with Crippen molar-refractivity contribution in [2.75, 3.05) is 32.7 Å². The van der Waals surface area contributed by atoms with Gasteiger partial charge in [-0.1, -0.05) is 12.1 Å². The van der Waals surface area contributed by atoms with Gasteiger partial charge in [-0.05, 0) is 57.3 Å². The van der Waals surface area contributed by atoms with Gasteiger partial charge in [-0.15, -0.1) is 0 Å². The Morgan fingerprint density at radius 1 is 1.15 bits per heavy atom. The molecule has 4 saturated heterocycles. The molecule has 4 nitrogen and oxygen atoms in total. The van der Waals surface area contributed by atoms with E-state index >= 15 is 0 Å². The molecule has 0 spiro atoms. The lowest BCUT2D eigenvalue weighted by atomic mass is 9.75. The fraction of sp³-hybridized carbons (Fsp3) is 0.650. The first-order valence-electron chi connectivity index (χ1n) is 9.80. The van der Waals surface area contributed by atoms with E-state index in [-0.39, 0.29) is 24.0 Å². The monoisotopic (exact) mass is 363 g/mol. The SMILES string of the molecule is CCN(CC)C(=O)N1C[C@H](c2cccc(F)c2F)[C@@H]2[C@H]1C1CCN2CC1. The van der Waals surface area contributed by atoms with Crippen LogP contribution in [0.2, 0.25) is 0 Å². The summed E-state index contributed by atoms with van der Waals surface area (Å²) >= 11 is 0. The standard InChI is InChI=1S/C20H27F2N3O/c1-3-23(4-2)20(26)25-12-15(14-6-5-7-16(21)17(14)22)19-18(25)13-8-10-24(19)11-9-13/h5-7,13,15,18-19H,3-4,8-12H2,1-2H3/t15-,18-,19-/m1/s1. The number of nitrogens with zero attached hydrogens (tertiary/aromatic N) is 3. The van der Waals surface area contributed by atoms with Crippen LogP contribution in [0.4, 0.5) is 13.6 Å². The molecule has 26 heavy (non-hydrogen) atoms. The van der Waals surface area contributed by atoms with Gasteiger partial charge >= 0.3 is 6.03 Å². The minimum Gasteiger partial charge on any atom is -0.325 e. The van der Waals surface area contributed by atoms with Gasteiger partial charge in [-0.2, -0.15) is 0 Å². The summed E-state index contributed by atoms with van der Waals surface area (Å²) in [5.41, 5.74) is 0.419. The van der Waals surface area contributed by atoms with Gasteiger partial charge in [0.1, 0.15) is 0 Å². The van der Waals surface area contributed by atoms with Crippen LogP contribution in [0, 0.1) is 17.6 Å². The van der Waals surface area contributed by atoms with E-state index in [4.69, 9.17) is 0 Å². The molecule has 3 atom stereocenters. The number of fused-ring (bicyclic) bond motifs is 2. The number of halogens is 2. The van der Waals surface area contributed by atoms with E-state index in [2.05, 4.69) is 4.90 Å². The molecule has 1 aromatic rings. The van der Waals surface area contributed by atoms with Crippen molar-refractivity contribution >= 4 is 6.03 Å². The highest BCUT2D eigenvalue weighted by molar-refractivity contribution is 5.75. The van der Waals surface area contributed by atoms with Crippen LogP contribution in [-0.4, -0.2) is 65.5 Å². The zero-order valence-corrected chi connectivity index (χ0v) is 15.5. The zero-order chi connectivity index (χ0) is 18.4. The summed E-state index contributed by atoms with van der Waals surface area (Å²) < 4.78 is 28.4. The van der Waals surface area contributed by atoms with Gasteiger partial charge < -0.3 is 9.80 Å². The molecule has 0 unspecified atom stereocenters. The van der Waals surface area contributed by atoms with Gasteiger partial charge in [0.05, 0.1) is 6.04 Å². The maximum atomic E-state index is 14.6. The van der Waals surface area contributed by atoms with E-state index in [9.17, 15) is 13.6 Å². The van der Waals surface area contributed by atoms with Crippen LogP contribution in [0.15, 0.2) is 18.2 Å². The molecule has 2 bridgehead atoms. The summed E-state index contributed by atoms with van der Waals surface area (Å²) in [6, 6.07) is 4.68. The van der Waals surface area contributed by atoms with Gasteiger partial charge in [0, 0.05) is 31.6 Å². The number of benzene rings is 1. The Labute approximate surface area is 153 Å². The normalized spacial score (nSPS) is 32.6. The molecule has 0 aliphatic carbocycles. The first kappa shape index (κ1) is 17.7. The third-order valence-electron chi connectivity index (χ3n) is 6.65. The van der Waals surface area contributed by atoms with Crippen LogP contribution in [0.3, 0.4) is 0 Å². The van der Waals surface area contributed by atoms with Crippen molar-refractivity contribution in [1.29, 1.82) is 0 Å². The van der Waals surface area contributed by atoms with Crippen molar-refractivity contribution in [2.24, 2.45) is 5.92 Å². The summed E-state index contributed by atoms with van der Waals surface area (Å²) in [5.74, 6) is -1.26. The van der Waals surface area contributed by atoms with Crippen LogP contribution in [0.5, 0.6) is 0 Å². The van der Waals surface area contributed by atoms with Crippen LogP contribution in [0.25, 0.3) is 0 Å². The topological polar surface area (TPSA) is 26.8 Å². The third kappa shape index (κ3) is 2.61. The number of hydrogen-bond acceptors (Lipinski definition) is 2. The molecule has 1 aromatic carbocycles. The van der Waals surface area contributed by atoms with E-state index < -0.39 is 11.6 Å². The summed E-state index contributed by atoms with van der Waals surface area (Å²) in [4.78, 5) is 19.3. The van der Waals surface area contributed by atoms with Crippen LogP contribution in [0.1, 0.15) is 38.2 Å². The molecule has 4 aliphatic rings. The molecular weight excluding hydrogens is 336 g/mol. The molecule has 142 valence electrons. The molecule has 4 aliphatic heterocycles. The van der Waals surface area contributed by atoms with E-state index in [1.165, 1.54) is 0 Å². The molecule has 5 rings (SSSR count). The number of amides is 2. The maximum absolute atomic E-state index is 14.6. The van der Waals surface area contributed by atoms with Gasteiger partial charge in [-0.25, -0.2) is 13.6 Å². The largest absolute Gasteiger partial charge is 0.325 e. The predicted molar refractivity (Wildman–Crippen MR) is 96.0 cm³/mol. The van der Waals surface area contributed by atoms with Crippen molar-refractivity contribution < 1.29 is 13.6 Å². The third-order valence-corrected chi connectivity index (χ3v) is 6.65. The number of rotatable bonds is 3. The highest BCUT2D eigenvalue weighted by Gasteiger charge is 2.55. The number of carbonyl (C=O) groups excluding carboxylic acids is 1. The minimum absolute atomic E-state index is 0.0399. The van der Waals surface area contributed by atoms with Crippen molar-refractivity contribution in [2.45, 2.75) is 44.7 Å². The second-order valence-electron chi connectivity index (χ2n) is 7.71. The van der Waals surface area contributed by atoms with Gasteiger partial charge in [0.2, 0.25) is 0 Å². The second-order valence-corrected chi connectivity index (χ2v) is 7.71. The molecule has 0 radical (unpaired) electrons. The Hall–Kier alpha value is -1.69. The van der Waals surface area contributed by atoms with E-state index in [0.29, 0.717) is 31.1 Å². The van der Waals surface area contributed by atoms with Crippen LogP contribution in [-0.2, 0) is 0 Å². The highest BCUT2D eigenvalue weighted by Crippen LogP contribution is 2.47. The lowest BCUT2D eigenvalue weighted by Crippen LogP contribution is -2.61. The minimum atomic E-state index is -0.802. The summed E-state index contributed by atoms with van der Waals surface area (Å²) in [5, 5.41) is 0. The van der Waals surface area contributed by atoms with E-state index in [1.54, 1.807) is 12.1 Å². The first-order valence-corrected chi connectivity index (χ1v) is 9.80. The van der Waals surface area contributed by atoms with Gasteiger partial charge in [0.25, 0.3) is 0 Å². The quantitative estimate of drug-likeness (QED) is 0.824. The average Bonchev–Trinajstić information content (AvgIpc) is 3.08. The highest BCUT2D eigenvalue weighted by atomic mass is 19.2. The van der Waals surface area contributed by atoms with Gasteiger partial charge in [0.15, 0.2) is 11.6 Å². The van der Waals surface area contributed by atoms with Crippen molar-refractivity contribution in [1.82, 2.24) is 14.7 Å². The molecule has 6 heteroatoms. The molecule has 2 amide bonds. The number of hydrogen-bond donors (Lipinski definition) is 0. The Kier molecular flexibility index (Phi) is 4.63. The van der Waals surface area contributed by atoms with E-state index in [1.807, 2.05) is 23.6 Å². The number of urea groups is 1. The lowest BCUT2D eigenvalue weighted by Gasteiger charge is -2.51. The summed E-state index contributed by atoms with van der Waals surface area (Å²) in [6.45, 7) is 7.74. The van der Waals surface area contributed by atoms with E-state index in [0.717, 1.165) is 32.0 Å². The average molecular weight is 363 g/mol. The Morgan fingerprint density at radius 2 is 1.85 bits per heavy atom. The second kappa shape index (κ2) is 6.80. The smallest absolute Gasteiger partial charge is 0.320 e. The first-order chi connectivity index (χ1) is 12.6. The summed E-state index contributed by atoms with van der Waals surface area (Å²) in [7, 11) is 0. The van der Waals surface area contributed by atoms with Crippen molar-refractivity contribution in [3.63, 3.8) is 0 Å². The number of likely N-dealkylation sites (tertiary alicyclic amines) is 1. The molecule has 4 fully saturated rings. The fourth-order valence-electron chi connectivity index (χ4n) is 5.40. The molecular formula is C20H27F2N3O. The van der Waals surface area contributed by atoms with Crippen LogP contribution < -0.4 is 0 Å². The van der Waals surface area contributed by atoms with Crippen molar-refractivity contribution in [3.05, 3.63) is 35.4 Å². The summed E-state index contributed by atoms with van der Waals surface area (Å²) in [6.07, 6.45) is 2.17. The lowest BCUT2D eigenvalue weighted by molar-refractivity contribution is -0.000414. The zero-order valence-electron chi connectivity index (χ0n) is 15.5. The van der Waals surface area contributed by atoms with Crippen LogP contribution >= 0.6 is 0 Å². The maximum Gasteiger partial charge on any atom is 0.320 e. The molecule has 0 aromatic heterocycles. The number of piperidine rings is 3. The predicted octanol–water partition coefficient (Wildman–Crippen LogP) is 3.29. The Balaban J connectivity index is 1.72. The molecule has 4 heterocycles. The molecule has 0 saturated carbocycles. The number of carbonyl (C=O) groups is 1. The molecule has 0 N–H and O–H groups in total. The Morgan fingerprint density at radius 3 is 2.50 bits per heavy atom. The Bertz CT molecular complexity index is 686. The van der Waals surface area contributed by atoms with Crippen molar-refractivity contribution in [3.8, 4) is 0 Å². The van der Waals surface area contributed by atoms with Gasteiger partial charge in [-0.3, -0.25) is 4.90 Å². The fourth-order valence-corrected chi connectivity index (χ4v) is 5.40.